The van der Waals surface area contributed by atoms with Gasteiger partial charge in [-0.05, 0) is 53.6 Å². The quantitative estimate of drug-likeness (QED) is 0.290. The number of benzene rings is 3. The van der Waals surface area contributed by atoms with Gasteiger partial charge in [-0.3, -0.25) is 9.78 Å². The molecule has 0 spiro atoms. The first-order chi connectivity index (χ1) is 17.8. The van der Waals surface area contributed by atoms with Crippen molar-refractivity contribution < 1.29 is 18.0 Å². The summed E-state index contributed by atoms with van der Waals surface area (Å²) in [5, 5.41) is 2.72. The summed E-state index contributed by atoms with van der Waals surface area (Å²) in [5.74, 6) is -0.342. The van der Waals surface area contributed by atoms with E-state index in [2.05, 4.69) is 15.3 Å². The summed E-state index contributed by atoms with van der Waals surface area (Å²) in [5.41, 5.74) is 8.84. The van der Waals surface area contributed by atoms with Crippen LogP contribution in [0.2, 0.25) is 0 Å². The maximum absolute atomic E-state index is 13.4. The van der Waals surface area contributed by atoms with Crippen LogP contribution in [0.4, 0.5) is 24.8 Å². The number of aromatic nitrogens is 3. The second kappa shape index (κ2) is 9.77. The lowest BCUT2D eigenvalue weighted by molar-refractivity contribution is -0.137. The van der Waals surface area contributed by atoms with Gasteiger partial charge in [-0.15, -0.1) is 0 Å². The zero-order chi connectivity index (χ0) is 26.0. The van der Waals surface area contributed by atoms with Gasteiger partial charge in [0.2, 0.25) is 5.95 Å². The van der Waals surface area contributed by atoms with Gasteiger partial charge >= 0.3 is 6.18 Å². The normalized spacial score (nSPS) is 11.5. The molecular formula is C28H22F3N5O. The lowest BCUT2D eigenvalue weighted by atomic mass is 9.96. The van der Waals surface area contributed by atoms with E-state index in [1.807, 2.05) is 22.8 Å². The molecule has 2 heterocycles. The average molecular weight is 502 g/mol. The third kappa shape index (κ3) is 5.16. The van der Waals surface area contributed by atoms with E-state index >= 15 is 0 Å². The number of nitrogens with zero attached hydrogens (tertiary/aromatic N) is 3. The highest BCUT2D eigenvalue weighted by Gasteiger charge is 2.32. The number of fused-ring (bicyclic) bond motifs is 1. The molecule has 3 N–H and O–H groups in total. The second-order valence-corrected chi connectivity index (χ2v) is 8.47. The molecule has 1 amide bonds. The Morgan fingerprint density at radius 2 is 1.73 bits per heavy atom. The number of imidazole rings is 1. The first-order valence-electron chi connectivity index (χ1n) is 11.5. The summed E-state index contributed by atoms with van der Waals surface area (Å²) in [4.78, 5) is 21.9. The number of hydrogen-bond acceptors (Lipinski definition) is 4. The van der Waals surface area contributed by atoms with Crippen molar-refractivity contribution in [2.75, 3.05) is 11.1 Å². The number of pyridine rings is 1. The average Bonchev–Trinajstić information content (AvgIpc) is 3.21. The van der Waals surface area contributed by atoms with Crippen LogP contribution in [0, 0.1) is 0 Å². The number of halogens is 3. The van der Waals surface area contributed by atoms with Gasteiger partial charge in [0.1, 0.15) is 0 Å². The summed E-state index contributed by atoms with van der Waals surface area (Å²) in [7, 11) is 0. The molecule has 0 aliphatic carbocycles. The van der Waals surface area contributed by atoms with Gasteiger partial charge < -0.3 is 15.6 Å². The summed E-state index contributed by atoms with van der Waals surface area (Å²) in [6.07, 6.45) is -2.19. The summed E-state index contributed by atoms with van der Waals surface area (Å²) in [6.45, 7) is 0.565. The molecule has 0 fully saturated rings. The Bertz CT molecular complexity index is 1560. The predicted octanol–water partition coefficient (Wildman–Crippen LogP) is 6.19. The molecule has 0 aliphatic rings. The molecule has 186 valence electrons. The number of nitrogens with one attached hydrogen (secondary N) is 1. The number of carbonyl (C=O) groups excluding carboxylic acids is 1. The van der Waals surface area contributed by atoms with Crippen molar-refractivity contribution in [1.29, 1.82) is 0 Å². The number of alkyl halides is 3. The van der Waals surface area contributed by atoms with E-state index in [0.717, 1.165) is 23.3 Å². The zero-order valence-electron chi connectivity index (χ0n) is 19.5. The highest BCUT2D eigenvalue weighted by Crippen LogP contribution is 2.34. The number of rotatable bonds is 6. The molecule has 0 saturated carbocycles. The first kappa shape index (κ1) is 24.1. The number of amides is 1. The molecule has 0 atom stereocenters. The zero-order valence-corrected chi connectivity index (χ0v) is 19.5. The molecule has 0 saturated heterocycles. The molecule has 2 aromatic heterocycles. The van der Waals surface area contributed by atoms with Crippen LogP contribution in [-0.4, -0.2) is 20.4 Å². The topological polar surface area (TPSA) is 85.8 Å². The number of anilines is 2. The monoisotopic (exact) mass is 501 g/mol. The molecule has 0 unspecified atom stereocenters. The molecule has 9 heteroatoms. The Kier molecular flexibility index (Phi) is 6.35. The molecule has 5 aromatic rings. The predicted molar refractivity (Wildman–Crippen MR) is 137 cm³/mol. The van der Waals surface area contributed by atoms with E-state index in [4.69, 9.17) is 5.73 Å². The number of hydrogen-bond donors (Lipinski definition) is 2. The minimum atomic E-state index is -4.58. The molecule has 0 aliphatic heterocycles. The minimum absolute atomic E-state index is 0.0819. The van der Waals surface area contributed by atoms with Crippen LogP contribution in [0.1, 0.15) is 21.6 Å². The second-order valence-electron chi connectivity index (χ2n) is 8.47. The van der Waals surface area contributed by atoms with Crippen molar-refractivity contribution in [3.05, 3.63) is 108 Å². The number of nitrogen functional groups attached to an aromatic ring is 1. The lowest BCUT2D eigenvalue weighted by Gasteiger charge is -2.14. The van der Waals surface area contributed by atoms with Crippen LogP contribution in [0.3, 0.4) is 0 Å². The first-order valence-corrected chi connectivity index (χ1v) is 11.5. The van der Waals surface area contributed by atoms with Gasteiger partial charge in [-0.1, -0.05) is 42.5 Å². The summed E-state index contributed by atoms with van der Waals surface area (Å²) >= 11 is 0. The SMILES string of the molecule is Nc1nc2cc(NC(=O)c3cc(C(F)(F)F)ccc3-c3ccccc3)ccc2n1CCc1ccccn1. The lowest BCUT2D eigenvalue weighted by Crippen LogP contribution is -2.15. The molecular weight excluding hydrogens is 479 g/mol. The van der Waals surface area contributed by atoms with Crippen LogP contribution >= 0.6 is 0 Å². The van der Waals surface area contributed by atoms with Crippen molar-refractivity contribution in [1.82, 2.24) is 14.5 Å². The highest BCUT2D eigenvalue weighted by molar-refractivity contribution is 6.09. The van der Waals surface area contributed by atoms with Crippen molar-refractivity contribution in [3.63, 3.8) is 0 Å². The third-order valence-electron chi connectivity index (χ3n) is 6.03. The van der Waals surface area contributed by atoms with Crippen molar-refractivity contribution in [3.8, 4) is 11.1 Å². The van der Waals surface area contributed by atoms with Crippen LogP contribution in [0.25, 0.3) is 22.2 Å². The van der Waals surface area contributed by atoms with Crippen LogP contribution < -0.4 is 11.1 Å². The van der Waals surface area contributed by atoms with Gasteiger partial charge in [0.05, 0.1) is 16.6 Å². The number of aryl methyl sites for hydroxylation is 2. The highest BCUT2D eigenvalue weighted by atomic mass is 19.4. The molecule has 37 heavy (non-hydrogen) atoms. The fourth-order valence-corrected chi connectivity index (χ4v) is 4.21. The van der Waals surface area contributed by atoms with Gasteiger partial charge in [-0.25, -0.2) is 4.98 Å². The van der Waals surface area contributed by atoms with E-state index in [9.17, 15) is 18.0 Å². The Morgan fingerprint density at radius 3 is 2.46 bits per heavy atom. The summed E-state index contributed by atoms with van der Waals surface area (Å²) < 4.78 is 42.1. The largest absolute Gasteiger partial charge is 0.416 e. The molecule has 3 aromatic carbocycles. The minimum Gasteiger partial charge on any atom is -0.369 e. The fraction of sp³-hybridized carbons (Fsp3) is 0.107. The van der Waals surface area contributed by atoms with Gasteiger partial charge in [0.15, 0.2) is 0 Å². The van der Waals surface area contributed by atoms with Crippen LogP contribution in [0.5, 0.6) is 0 Å². The Hall–Kier alpha value is -4.66. The van der Waals surface area contributed by atoms with Crippen molar-refractivity contribution in [2.24, 2.45) is 0 Å². The maximum Gasteiger partial charge on any atom is 0.416 e. The van der Waals surface area contributed by atoms with E-state index in [0.29, 0.717) is 41.2 Å². The molecule has 6 nitrogen and oxygen atoms in total. The Labute approximate surface area is 210 Å². The Morgan fingerprint density at radius 1 is 0.946 bits per heavy atom. The van der Waals surface area contributed by atoms with Crippen molar-refractivity contribution >= 4 is 28.6 Å². The number of nitrogens with two attached hydrogens (primary N) is 1. The molecule has 5 rings (SSSR count). The van der Waals surface area contributed by atoms with Crippen LogP contribution in [-0.2, 0) is 19.1 Å². The standard InChI is InChI=1S/C28H22F3N5O/c29-28(30,31)19-9-11-22(18-6-2-1-3-7-18)23(16-19)26(37)34-21-10-12-25-24(17-21)35-27(32)36(25)15-13-20-8-4-5-14-33-20/h1-12,14,16-17H,13,15H2,(H2,32,35)(H,34,37). The van der Waals surface area contributed by atoms with E-state index in [1.54, 1.807) is 54.7 Å². The van der Waals surface area contributed by atoms with E-state index in [-0.39, 0.29) is 5.56 Å². The molecule has 0 radical (unpaired) electrons. The molecule has 0 bridgehead atoms. The maximum atomic E-state index is 13.4. The van der Waals surface area contributed by atoms with Gasteiger partial charge in [0.25, 0.3) is 5.91 Å². The van der Waals surface area contributed by atoms with Crippen molar-refractivity contribution in [2.45, 2.75) is 19.1 Å². The summed E-state index contributed by atoms with van der Waals surface area (Å²) in [6, 6.07) is 22.8. The van der Waals surface area contributed by atoms with Gasteiger partial charge in [-0.2, -0.15) is 13.2 Å². The van der Waals surface area contributed by atoms with Crippen LogP contribution in [0.15, 0.2) is 91.1 Å². The fourth-order valence-electron chi connectivity index (χ4n) is 4.21. The van der Waals surface area contributed by atoms with E-state index in [1.165, 1.54) is 6.07 Å². The van der Waals surface area contributed by atoms with E-state index < -0.39 is 17.6 Å². The Balaban J connectivity index is 1.43. The third-order valence-corrected chi connectivity index (χ3v) is 6.03. The number of carbonyl (C=O) groups is 1. The van der Waals surface area contributed by atoms with Gasteiger partial charge in [0, 0.05) is 36.1 Å². The smallest absolute Gasteiger partial charge is 0.369 e.